The van der Waals surface area contributed by atoms with Crippen LogP contribution in [0.1, 0.15) is 23.2 Å². The molecule has 2 aromatic rings. The van der Waals surface area contributed by atoms with Crippen LogP contribution in [0, 0.1) is 0 Å². The summed E-state index contributed by atoms with van der Waals surface area (Å²) in [6, 6.07) is 9.77. The minimum atomic E-state index is 0. The van der Waals surface area contributed by atoms with Gasteiger partial charge in [0.2, 0.25) is 0 Å². The van der Waals surface area contributed by atoms with Gasteiger partial charge in [-0.3, -0.25) is 9.78 Å². The van der Waals surface area contributed by atoms with Crippen molar-refractivity contribution in [3.63, 3.8) is 0 Å². The van der Waals surface area contributed by atoms with Gasteiger partial charge in [0, 0.05) is 36.3 Å². The molecule has 0 radical (unpaired) electrons. The Morgan fingerprint density at radius 3 is 2.62 bits per heavy atom. The van der Waals surface area contributed by atoms with Gasteiger partial charge >= 0.3 is 0 Å². The van der Waals surface area contributed by atoms with E-state index in [2.05, 4.69) is 4.98 Å². The molecule has 0 atom stereocenters. The lowest BCUT2D eigenvalue weighted by molar-refractivity contribution is 0.0715. The van der Waals surface area contributed by atoms with E-state index in [0.717, 1.165) is 42.4 Å². The van der Waals surface area contributed by atoms with Crippen LogP contribution in [0.5, 0.6) is 0 Å². The SMILES string of the molecule is Cl.Cl.NC1CCN(C(=O)c2ccc3ncccc3c2)CC1. The van der Waals surface area contributed by atoms with Crippen molar-refractivity contribution in [2.75, 3.05) is 13.1 Å². The van der Waals surface area contributed by atoms with Gasteiger partial charge in [0.05, 0.1) is 5.52 Å². The fourth-order valence-electron chi connectivity index (χ4n) is 2.49. The fraction of sp³-hybridized carbons (Fsp3) is 0.333. The van der Waals surface area contributed by atoms with Crippen LogP contribution in [0.2, 0.25) is 0 Å². The van der Waals surface area contributed by atoms with E-state index in [1.54, 1.807) is 6.20 Å². The summed E-state index contributed by atoms with van der Waals surface area (Å²) in [5.74, 6) is 0.0950. The van der Waals surface area contributed by atoms with E-state index in [1.807, 2.05) is 35.2 Å². The lowest BCUT2D eigenvalue weighted by atomic mass is 10.0. The number of nitrogens with two attached hydrogens (primary N) is 1. The minimum Gasteiger partial charge on any atom is -0.339 e. The number of rotatable bonds is 1. The van der Waals surface area contributed by atoms with Crippen molar-refractivity contribution in [3.05, 3.63) is 42.1 Å². The number of pyridine rings is 1. The highest BCUT2D eigenvalue weighted by Crippen LogP contribution is 2.17. The van der Waals surface area contributed by atoms with E-state index in [4.69, 9.17) is 5.73 Å². The van der Waals surface area contributed by atoms with E-state index >= 15 is 0 Å². The first-order valence-corrected chi connectivity index (χ1v) is 6.64. The molecule has 1 saturated heterocycles. The van der Waals surface area contributed by atoms with Crippen LogP contribution in [0.3, 0.4) is 0 Å². The van der Waals surface area contributed by atoms with Gasteiger partial charge in [-0.25, -0.2) is 0 Å². The second kappa shape index (κ2) is 7.59. The summed E-state index contributed by atoms with van der Waals surface area (Å²) < 4.78 is 0. The molecule has 2 heterocycles. The topological polar surface area (TPSA) is 59.2 Å². The third-order valence-electron chi connectivity index (χ3n) is 3.68. The van der Waals surface area contributed by atoms with Crippen LogP contribution in [-0.2, 0) is 0 Å². The quantitative estimate of drug-likeness (QED) is 0.875. The molecular weight excluding hydrogens is 309 g/mol. The molecule has 2 N–H and O–H groups in total. The van der Waals surface area contributed by atoms with Crippen molar-refractivity contribution in [1.82, 2.24) is 9.88 Å². The van der Waals surface area contributed by atoms with E-state index in [-0.39, 0.29) is 36.8 Å². The number of carbonyl (C=O) groups is 1. The van der Waals surface area contributed by atoms with Crippen LogP contribution in [0.4, 0.5) is 0 Å². The highest BCUT2D eigenvalue weighted by Gasteiger charge is 2.21. The lowest BCUT2D eigenvalue weighted by Crippen LogP contribution is -2.42. The van der Waals surface area contributed by atoms with E-state index in [0.29, 0.717) is 0 Å². The molecule has 0 bridgehead atoms. The number of aromatic nitrogens is 1. The van der Waals surface area contributed by atoms with Crippen LogP contribution >= 0.6 is 24.8 Å². The van der Waals surface area contributed by atoms with Crippen molar-refractivity contribution in [2.24, 2.45) is 5.73 Å². The maximum absolute atomic E-state index is 12.4. The molecule has 1 amide bonds. The Bertz CT molecular complexity index is 613. The van der Waals surface area contributed by atoms with Gasteiger partial charge in [0.25, 0.3) is 5.91 Å². The largest absolute Gasteiger partial charge is 0.339 e. The molecule has 0 unspecified atom stereocenters. The Morgan fingerprint density at radius 1 is 1.19 bits per heavy atom. The van der Waals surface area contributed by atoms with Gasteiger partial charge in [0.15, 0.2) is 0 Å². The molecule has 1 aliphatic rings. The van der Waals surface area contributed by atoms with Crippen molar-refractivity contribution >= 4 is 41.6 Å². The maximum atomic E-state index is 12.4. The van der Waals surface area contributed by atoms with Crippen molar-refractivity contribution in [1.29, 1.82) is 0 Å². The monoisotopic (exact) mass is 327 g/mol. The molecule has 1 aromatic heterocycles. The van der Waals surface area contributed by atoms with Gasteiger partial charge in [-0.15, -0.1) is 24.8 Å². The van der Waals surface area contributed by atoms with Crippen LogP contribution in [0.25, 0.3) is 10.9 Å². The molecule has 21 heavy (non-hydrogen) atoms. The molecule has 4 nitrogen and oxygen atoms in total. The number of benzene rings is 1. The molecule has 0 saturated carbocycles. The molecule has 114 valence electrons. The summed E-state index contributed by atoms with van der Waals surface area (Å²) in [5.41, 5.74) is 7.51. The average Bonchev–Trinajstić information content (AvgIpc) is 2.47. The summed E-state index contributed by atoms with van der Waals surface area (Å²) >= 11 is 0. The van der Waals surface area contributed by atoms with E-state index < -0.39 is 0 Å². The molecular formula is C15H19Cl2N3O. The van der Waals surface area contributed by atoms with Gasteiger partial charge in [-0.1, -0.05) is 6.07 Å². The minimum absolute atomic E-state index is 0. The second-order valence-electron chi connectivity index (χ2n) is 5.04. The summed E-state index contributed by atoms with van der Waals surface area (Å²) in [6.07, 6.45) is 3.54. The molecule has 3 rings (SSSR count). The van der Waals surface area contributed by atoms with Gasteiger partial charge < -0.3 is 10.6 Å². The van der Waals surface area contributed by atoms with E-state index in [1.165, 1.54) is 0 Å². The molecule has 0 aliphatic carbocycles. The zero-order chi connectivity index (χ0) is 13.2. The Kier molecular flexibility index (Phi) is 6.40. The number of hydrogen-bond acceptors (Lipinski definition) is 3. The van der Waals surface area contributed by atoms with Crippen molar-refractivity contribution < 1.29 is 4.79 Å². The molecule has 0 spiro atoms. The zero-order valence-electron chi connectivity index (χ0n) is 11.6. The smallest absolute Gasteiger partial charge is 0.253 e. The van der Waals surface area contributed by atoms with Crippen LogP contribution in [-0.4, -0.2) is 34.9 Å². The second-order valence-corrected chi connectivity index (χ2v) is 5.04. The van der Waals surface area contributed by atoms with Gasteiger partial charge in [-0.05, 0) is 37.1 Å². The highest BCUT2D eigenvalue weighted by atomic mass is 35.5. The lowest BCUT2D eigenvalue weighted by Gasteiger charge is -2.30. The Balaban J connectivity index is 0.00000110. The van der Waals surface area contributed by atoms with Gasteiger partial charge in [-0.2, -0.15) is 0 Å². The summed E-state index contributed by atoms with van der Waals surface area (Å²) in [5, 5.41) is 1.00. The number of fused-ring (bicyclic) bond motifs is 1. The number of carbonyl (C=O) groups excluding carboxylic acids is 1. The van der Waals surface area contributed by atoms with Crippen LogP contribution in [0.15, 0.2) is 36.5 Å². The number of nitrogens with zero attached hydrogens (tertiary/aromatic N) is 2. The summed E-state index contributed by atoms with van der Waals surface area (Å²) in [4.78, 5) is 18.6. The number of likely N-dealkylation sites (tertiary alicyclic amines) is 1. The summed E-state index contributed by atoms with van der Waals surface area (Å²) in [6.45, 7) is 1.51. The third kappa shape index (κ3) is 3.84. The van der Waals surface area contributed by atoms with Crippen LogP contribution < -0.4 is 5.73 Å². The first-order chi connectivity index (χ1) is 9.24. The van der Waals surface area contributed by atoms with Crippen molar-refractivity contribution in [3.8, 4) is 0 Å². The number of halogens is 2. The normalized spacial score (nSPS) is 15.2. The van der Waals surface area contributed by atoms with Gasteiger partial charge in [0.1, 0.15) is 0 Å². The molecule has 1 aromatic carbocycles. The highest BCUT2D eigenvalue weighted by molar-refractivity contribution is 5.98. The number of amides is 1. The Morgan fingerprint density at radius 2 is 1.90 bits per heavy atom. The predicted molar refractivity (Wildman–Crippen MR) is 89.4 cm³/mol. The zero-order valence-corrected chi connectivity index (χ0v) is 13.2. The molecule has 1 aliphatic heterocycles. The Labute approximate surface area is 136 Å². The maximum Gasteiger partial charge on any atom is 0.253 e. The average molecular weight is 328 g/mol. The fourth-order valence-corrected chi connectivity index (χ4v) is 2.49. The number of hydrogen-bond donors (Lipinski definition) is 1. The molecule has 1 fully saturated rings. The first-order valence-electron chi connectivity index (χ1n) is 6.64. The van der Waals surface area contributed by atoms with Crippen molar-refractivity contribution in [2.45, 2.75) is 18.9 Å². The Hall–Kier alpha value is -1.36. The molecule has 6 heteroatoms. The predicted octanol–water partition coefficient (Wildman–Crippen LogP) is 2.64. The first kappa shape index (κ1) is 17.7. The van der Waals surface area contributed by atoms with E-state index in [9.17, 15) is 4.79 Å². The summed E-state index contributed by atoms with van der Waals surface area (Å²) in [7, 11) is 0. The standard InChI is InChI=1S/C15H17N3O.2ClH/c16-13-5-8-18(9-6-13)15(19)12-3-4-14-11(10-12)2-1-7-17-14;;/h1-4,7,10,13H,5-6,8-9,16H2;2*1H. The third-order valence-corrected chi connectivity index (χ3v) is 3.68. The number of piperidine rings is 1.